The molecule has 6 nitrogen and oxygen atoms in total. The first-order valence-corrected chi connectivity index (χ1v) is 12.9. The van der Waals surface area contributed by atoms with Gasteiger partial charge in [-0.2, -0.15) is 0 Å². The summed E-state index contributed by atoms with van der Waals surface area (Å²) >= 11 is 0. The lowest BCUT2D eigenvalue weighted by Crippen LogP contribution is -2.41. The number of aryl methyl sites for hydroxylation is 1. The van der Waals surface area contributed by atoms with Crippen molar-refractivity contribution in [2.24, 2.45) is 5.92 Å². The topological polar surface area (TPSA) is 63.7 Å². The van der Waals surface area contributed by atoms with E-state index in [0.29, 0.717) is 12.3 Å². The Balaban J connectivity index is 1.28. The number of fused-ring (bicyclic) bond motifs is 1. The molecular weight excluding hydrogens is 426 g/mol. The van der Waals surface area contributed by atoms with Crippen LogP contribution in [0, 0.1) is 5.92 Å². The highest BCUT2D eigenvalue weighted by Crippen LogP contribution is 2.26. The number of likely N-dealkylation sites (N-methyl/N-ethyl adjacent to an activating group) is 1. The number of hydrogen-bond acceptors (Lipinski definition) is 5. The fourth-order valence-electron chi connectivity index (χ4n) is 4.87. The molecule has 1 N–H and O–H groups in total. The summed E-state index contributed by atoms with van der Waals surface area (Å²) in [7, 11) is 1.90. The molecular formula is C28H39N3O3. The number of nitrogens with one attached hydrogen (secondary N) is 1. The predicted octanol–water partition coefficient (Wildman–Crippen LogP) is 4.41. The number of amides is 1. The van der Waals surface area contributed by atoms with Crippen LogP contribution in [0.25, 0.3) is 0 Å². The van der Waals surface area contributed by atoms with Crippen LogP contribution in [-0.4, -0.2) is 55.2 Å². The van der Waals surface area contributed by atoms with Crippen LogP contribution in [0.1, 0.15) is 66.2 Å². The molecule has 1 fully saturated rings. The molecule has 1 atom stereocenters. The highest BCUT2D eigenvalue weighted by Gasteiger charge is 2.26. The zero-order chi connectivity index (χ0) is 23.8. The molecule has 2 heterocycles. The molecule has 1 amide bonds. The summed E-state index contributed by atoms with van der Waals surface area (Å²) in [6, 6.07) is 10.7. The number of carbonyl (C=O) groups is 1. The van der Waals surface area contributed by atoms with Gasteiger partial charge in [-0.3, -0.25) is 4.79 Å². The Labute approximate surface area is 204 Å². The van der Waals surface area contributed by atoms with Crippen molar-refractivity contribution in [3.05, 3.63) is 58.9 Å². The highest BCUT2D eigenvalue weighted by atomic mass is 16.5. The molecule has 4 rings (SSSR count). The first-order valence-electron chi connectivity index (χ1n) is 12.9. The van der Waals surface area contributed by atoms with Crippen molar-refractivity contribution < 1.29 is 14.3 Å². The van der Waals surface area contributed by atoms with Crippen LogP contribution in [0.4, 0.5) is 0 Å². The summed E-state index contributed by atoms with van der Waals surface area (Å²) < 4.78 is 11.1. The van der Waals surface area contributed by atoms with Crippen molar-refractivity contribution in [1.82, 2.24) is 15.2 Å². The summed E-state index contributed by atoms with van der Waals surface area (Å²) in [5.41, 5.74) is 4.60. The maximum Gasteiger partial charge on any atom is 0.272 e. The van der Waals surface area contributed by atoms with Crippen LogP contribution < -0.4 is 10.1 Å². The van der Waals surface area contributed by atoms with Crippen molar-refractivity contribution >= 4 is 5.91 Å². The van der Waals surface area contributed by atoms with Crippen LogP contribution in [-0.2, 0) is 24.1 Å². The standard InChI is InChI=1S/C28H39N3O3/c1-3-4-13-34-26-9-10-27(30-20-26)28(32)31(2)25-8-7-23-16-22(5-6-24(23)17-25)19-29-18-21-11-14-33-15-12-21/h5-6,9-10,16,20-21,25,29H,3-4,7-8,11-15,17-19H2,1-2H3/t25-/m0/s1. The van der Waals surface area contributed by atoms with Crippen LogP contribution in [0.5, 0.6) is 5.75 Å². The van der Waals surface area contributed by atoms with Gasteiger partial charge in [-0.05, 0) is 79.8 Å². The minimum absolute atomic E-state index is 0.0255. The lowest BCUT2D eigenvalue weighted by molar-refractivity contribution is 0.0662. The van der Waals surface area contributed by atoms with Gasteiger partial charge in [-0.1, -0.05) is 31.5 Å². The highest BCUT2D eigenvalue weighted by molar-refractivity contribution is 5.92. The molecule has 1 aliphatic heterocycles. The molecule has 1 aromatic carbocycles. The summed E-state index contributed by atoms with van der Waals surface area (Å²) in [6.45, 7) is 6.59. The molecule has 6 heteroatoms. The maximum absolute atomic E-state index is 13.0. The molecule has 0 saturated carbocycles. The summed E-state index contributed by atoms with van der Waals surface area (Å²) in [5.74, 6) is 1.43. The molecule has 2 aliphatic rings. The summed E-state index contributed by atoms with van der Waals surface area (Å²) in [6.07, 6.45) is 8.97. The van der Waals surface area contributed by atoms with E-state index in [9.17, 15) is 4.79 Å². The van der Waals surface area contributed by atoms with E-state index < -0.39 is 0 Å². The smallest absolute Gasteiger partial charge is 0.272 e. The molecule has 184 valence electrons. The van der Waals surface area contributed by atoms with Gasteiger partial charge in [0.1, 0.15) is 11.4 Å². The van der Waals surface area contributed by atoms with E-state index in [1.807, 2.05) is 18.0 Å². The molecule has 34 heavy (non-hydrogen) atoms. The van der Waals surface area contributed by atoms with E-state index in [0.717, 1.165) is 82.9 Å². The monoisotopic (exact) mass is 465 g/mol. The number of aromatic nitrogens is 1. The number of pyridine rings is 1. The number of rotatable bonds is 10. The van der Waals surface area contributed by atoms with Crippen LogP contribution in [0.2, 0.25) is 0 Å². The quantitative estimate of drug-likeness (QED) is 0.527. The predicted molar refractivity (Wildman–Crippen MR) is 134 cm³/mol. The van der Waals surface area contributed by atoms with Crippen molar-refractivity contribution in [3.63, 3.8) is 0 Å². The van der Waals surface area contributed by atoms with Gasteiger partial charge in [0, 0.05) is 32.8 Å². The number of carbonyl (C=O) groups excluding carboxylic acids is 1. The Bertz CT molecular complexity index is 925. The Kier molecular flexibility index (Phi) is 8.94. The molecule has 0 radical (unpaired) electrons. The fraction of sp³-hybridized carbons (Fsp3) is 0.571. The zero-order valence-corrected chi connectivity index (χ0v) is 20.7. The van der Waals surface area contributed by atoms with Crippen LogP contribution in [0.15, 0.2) is 36.5 Å². The average molecular weight is 466 g/mol. The number of unbranched alkanes of at least 4 members (excludes halogenated alkanes) is 1. The Morgan fingerprint density at radius 3 is 2.79 bits per heavy atom. The third-order valence-electron chi connectivity index (χ3n) is 7.17. The van der Waals surface area contributed by atoms with Crippen LogP contribution in [0.3, 0.4) is 0 Å². The van der Waals surface area contributed by atoms with Gasteiger partial charge < -0.3 is 19.7 Å². The number of benzene rings is 1. The Morgan fingerprint density at radius 1 is 1.18 bits per heavy atom. The maximum atomic E-state index is 13.0. The number of nitrogens with zero attached hydrogens (tertiary/aromatic N) is 2. The lowest BCUT2D eigenvalue weighted by atomic mass is 9.86. The van der Waals surface area contributed by atoms with Gasteiger partial charge in [-0.25, -0.2) is 4.98 Å². The molecule has 1 saturated heterocycles. The minimum Gasteiger partial charge on any atom is -0.492 e. The van der Waals surface area contributed by atoms with E-state index in [2.05, 4.69) is 35.4 Å². The molecule has 0 unspecified atom stereocenters. The molecule has 2 aromatic rings. The zero-order valence-electron chi connectivity index (χ0n) is 20.7. The summed E-state index contributed by atoms with van der Waals surface area (Å²) in [5, 5.41) is 3.63. The first-order chi connectivity index (χ1) is 16.6. The second-order valence-corrected chi connectivity index (χ2v) is 9.68. The van der Waals surface area contributed by atoms with Gasteiger partial charge in [0.2, 0.25) is 0 Å². The van der Waals surface area contributed by atoms with Crippen molar-refractivity contribution in [1.29, 1.82) is 0 Å². The van der Waals surface area contributed by atoms with Gasteiger partial charge in [0.15, 0.2) is 0 Å². The second kappa shape index (κ2) is 12.3. The Morgan fingerprint density at radius 2 is 2.03 bits per heavy atom. The SMILES string of the molecule is CCCCOc1ccc(C(=O)N(C)[C@H]2CCc3cc(CNCC4CCOCC4)ccc3C2)nc1. The van der Waals surface area contributed by atoms with Crippen molar-refractivity contribution in [2.45, 2.75) is 64.5 Å². The van der Waals surface area contributed by atoms with Gasteiger partial charge >= 0.3 is 0 Å². The second-order valence-electron chi connectivity index (χ2n) is 9.68. The fourth-order valence-corrected chi connectivity index (χ4v) is 4.87. The number of hydrogen-bond donors (Lipinski definition) is 1. The van der Waals surface area contributed by atoms with Gasteiger partial charge in [-0.15, -0.1) is 0 Å². The van der Waals surface area contributed by atoms with Gasteiger partial charge in [0.25, 0.3) is 5.91 Å². The first kappa shape index (κ1) is 24.7. The van der Waals surface area contributed by atoms with E-state index in [-0.39, 0.29) is 11.9 Å². The third-order valence-corrected chi connectivity index (χ3v) is 7.17. The summed E-state index contributed by atoms with van der Waals surface area (Å²) in [4.78, 5) is 19.3. The molecule has 0 bridgehead atoms. The van der Waals surface area contributed by atoms with E-state index >= 15 is 0 Å². The van der Waals surface area contributed by atoms with Crippen LogP contribution >= 0.6 is 0 Å². The van der Waals surface area contributed by atoms with Crippen molar-refractivity contribution in [2.75, 3.05) is 33.4 Å². The average Bonchev–Trinajstić information content (AvgIpc) is 2.89. The molecule has 0 spiro atoms. The van der Waals surface area contributed by atoms with Crippen molar-refractivity contribution in [3.8, 4) is 5.75 Å². The third kappa shape index (κ3) is 6.57. The lowest BCUT2D eigenvalue weighted by Gasteiger charge is -2.32. The van der Waals surface area contributed by atoms with E-state index in [4.69, 9.17) is 9.47 Å². The largest absolute Gasteiger partial charge is 0.492 e. The van der Waals surface area contributed by atoms with E-state index in [1.165, 1.54) is 16.7 Å². The normalized spacial score (nSPS) is 18.4. The van der Waals surface area contributed by atoms with E-state index in [1.54, 1.807) is 12.3 Å². The van der Waals surface area contributed by atoms with Gasteiger partial charge in [0.05, 0.1) is 12.8 Å². The minimum atomic E-state index is -0.0255. The number of ether oxygens (including phenoxy) is 2. The molecule has 1 aliphatic carbocycles. The Hall–Kier alpha value is -2.44. The molecule has 1 aromatic heterocycles.